The highest BCUT2D eigenvalue weighted by Gasteiger charge is 2.08. The number of carbonyl (C=O) groups is 1. The van der Waals surface area contributed by atoms with Crippen LogP contribution in [0.5, 0.6) is 0 Å². The molecule has 0 aliphatic heterocycles. The standard InChI is InChI=1S/C15H17NO2/c1-11-13(9-12-5-3-2-4-6-12)10-14(18-11)7-8-15(16)17/h2-6,10H,7-9H2,1H3,(H2,16,17). The number of carbonyl (C=O) groups excluding carboxylic acids is 1. The molecular weight excluding hydrogens is 226 g/mol. The molecule has 0 spiro atoms. The Morgan fingerprint density at radius 2 is 2.00 bits per heavy atom. The zero-order chi connectivity index (χ0) is 13.0. The summed E-state index contributed by atoms with van der Waals surface area (Å²) in [6.07, 6.45) is 1.76. The van der Waals surface area contributed by atoms with Gasteiger partial charge < -0.3 is 10.2 Å². The SMILES string of the molecule is Cc1oc(CCC(N)=O)cc1Cc1ccccc1. The molecule has 0 aliphatic rings. The number of primary amides is 1. The first-order chi connectivity index (χ1) is 8.65. The van der Waals surface area contributed by atoms with Crippen LogP contribution >= 0.6 is 0 Å². The Bertz CT molecular complexity index is 529. The molecule has 94 valence electrons. The predicted octanol–water partition coefficient (Wildman–Crippen LogP) is 2.60. The van der Waals surface area contributed by atoms with E-state index in [0.29, 0.717) is 12.8 Å². The van der Waals surface area contributed by atoms with Gasteiger partial charge in [-0.3, -0.25) is 4.79 Å². The van der Waals surface area contributed by atoms with Gasteiger partial charge in [0.05, 0.1) is 0 Å². The molecule has 1 aromatic carbocycles. The lowest BCUT2D eigenvalue weighted by Gasteiger charge is -1.98. The molecular formula is C15H17NO2. The van der Waals surface area contributed by atoms with Crippen LogP contribution in [0.15, 0.2) is 40.8 Å². The first-order valence-electron chi connectivity index (χ1n) is 6.05. The van der Waals surface area contributed by atoms with Crippen molar-refractivity contribution in [3.8, 4) is 0 Å². The second-order valence-electron chi connectivity index (χ2n) is 4.42. The average molecular weight is 243 g/mol. The van der Waals surface area contributed by atoms with Crippen molar-refractivity contribution in [2.24, 2.45) is 5.73 Å². The van der Waals surface area contributed by atoms with Crippen LogP contribution in [0, 0.1) is 6.92 Å². The largest absolute Gasteiger partial charge is 0.466 e. The second-order valence-corrected chi connectivity index (χ2v) is 4.42. The minimum absolute atomic E-state index is 0.298. The third kappa shape index (κ3) is 3.23. The molecule has 0 saturated carbocycles. The van der Waals surface area contributed by atoms with Crippen LogP contribution in [0.25, 0.3) is 0 Å². The normalized spacial score (nSPS) is 10.5. The van der Waals surface area contributed by atoms with Crippen LogP contribution in [-0.2, 0) is 17.6 Å². The average Bonchev–Trinajstić information content (AvgIpc) is 2.69. The van der Waals surface area contributed by atoms with E-state index in [1.165, 1.54) is 11.1 Å². The zero-order valence-electron chi connectivity index (χ0n) is 10.5. The van der Waals surface area contributed by atoms with Crippen molar-refractivity contribution in [3.05, 3.63) is 59.0 Å². The summed E-state index contributed by atoms with van der Waals surface area (Å²) in [5.41, 5.74) is 7.55. The molecule has 0 saturated heterocycles. The Labute approximate surface area is 107 Å². The van der Waals surface area contributed by atoms with Crippen LogP contribution < -0.4 is 5.73 Å². The molecule has 1 aromatic heterocycles. The third-order valence-electron chi connectivity index (χ3n) is 2.93. The fourth-order valence-electron chi connectivity index (χ4n) is 1.95. The van der Waals surface area contributed by atoms with Gasteiger partial charge in [0.2, 0.25) is 5.91 Å². The smallest absolute Gasteiger partial charge is 0.217 e. The number of hydrogen-bond donors (Lipinski definition) is 1. The Morgan fingerprint density at radius 3 is 2.67 bits per heavy atom. The maximum atomic E-state index is 10.7. The van der Waals surface area contributed by atoms with Crippen LogP contribution in [-0.4, -0.2) is 5.91 Å². The van der Waals surface area contributed by atoms with Gasteiger partial charge in [-0.15, -0.1) is 0 Å². The number of amides is 1. The van der Waals surface area contributed by atoms with Crippen LogP contribution in [0.2, 0.25) is 0 Å². The van der Waals surface area contributed by atoms with E-state index in [-0.39, 0.29) is 5.91 Å². The summed E-state index contributed by atoms with van der Waals surface area (Å²) in [5.74, 6) is 1.45. The van der Waals surface area contributed by atoms with E-state index in [4.69, 9.17) is 10.2 Å². The van der Waals surface area contributed by atoms with Crippen molar-refractivity contribution in [1.29, 1.82) is 0 Å². The molecule has 1 heterocycles. The summed E-state index contributed by atoms with van der Waals surface area (Å²) in [7, 11) is 0. The lowest BCUT2D eigenvalue weighted by atomic mass is 10.1. The molecule has 1 amide bonds. The van der Waals surface area contributed by atoms with Gasteiger partial charge in [0.15, 0.2) is 0 Å². The number of hydrogen-bond acceptors (Lipinski definition) is 2. The quantitative estimate of drug-likeness (QED) is 0.877. The number of nitrogens with two attached hydrogens (primary N) is 1. The lowest BCUT2D eigenvalue weighted by molar-refractivity contribution is -0.118. The van der Waals surface area contributed by atoms with Gasteiger partial charge in [0.25, 0.3) is 0 Å². The molecule has 0 radical (unpaired) electrons. The fraction of sp³-hybridized carbons (Fsp3) is 0.267. The van der Waals surface area contributed by atoms with Gasteiger partial charge in [0, 0.05) is 19.3 Å². The molecule has 18 heavy (non-hydrogen) atoms. The maximum Gasteiger partial charge on any atom is 0.217 e. The van der Waals surface area contributed by atoms with Crippen molar-refractivity contribution in [3.63, 3.8) is 0 Å². The van der Waals surface area contributed by atoms with Crippen molar-refractivity contribution < 1.29 is 9.21 Å². The third-order valence-corrected chi connectivity index (χ3v) is 2.93. The van der Waals surface area contributed by atoms with Crippen molar-refractivity contribution in [1.82, 2.24) is 0 Å². The van der Waals surface area contributed by atoms with Gasteiger partial charge >= 0.3 is 0 Å². The van der Waals surface area contributed by atoms with E-state index < -0.39 is 0 Å². The number of furan rings is 1. The van der Waals surface area contributed by atoms with Gasteiger partial charge in [-0.2, -0.15) is 0 Å². The summed E-state index contributed by atoms with van der Waals surface area (Å²) in [6.45, 7) is 1.95. The van der Waals surface area contributed by atoms with Gasteiger partial charge in [0.1, 0.15) is 11.5 Å². The summed E-state index contributed by atoms with van der Waals surface area (Å²) < 4.78 is 5.63. The van der Waals surface area contributed by atoms with E-state index in [2.05, 4.69) is 12.1 Å². The highest BCUT2D eigenvalue weighted by Crippen LogP contribution is 2.19. The van der Waals surface area contributed by atoms with E-state index in [9.17, 15) is 4.79 Å². The van der Waals surface area contributed by atoms with Gasteiger partial charge in [-0.1, -0.05) is 30.3 Å². The molecule has 0 atom stereocenters. The maximum absolute atomic E-state index is 10.7. The molecule has 0 bridgehead atoms. The minimum Gasteiger partial charge on any atom is -0.466 e. The zero-order valence-corrected chi connectivity index (χ0v) is 10.5. The Balaban J connectivity index is 2.07. The molecule has 3 nitrogen and oxygen atoms in total. The first-order valence-corrected chi connectivity index (χ1v) is 6.05. The monoisotopic (exact) mass is 243 g/mol. The molecule has 2 N–H and O–H groups in total. The topological polar surface area (TPSA) is 56.2 Å². The number of benzene rings is 1. The van der Waals surface area contributed by atoms with E-state index in [0.717, 1.165) is 17.9 Å². The summed E-state index contributed by atoms with van der Waals surface area (Å²) >= 11 is 0. The van der Waals surface area contributed by atoms with Crippen LogP contribution in [0.1, 0.15) is 29.1 Å². The molecule has 2 aromatic rings. The van der Waals surface area contributed by atoms with E-state index in [1.807, 2.05) is 31.2 Å². The molecule has 0 fully saturated rings. The molecule has 3 heteroatoms. The van der Waals surface area contributed by atoms with Crippen molar-refractivity contribution in [2.75, 3.05) is 0 Å². The first kappa shape index (κ1) is 12.4. The highest BCUT2D eigenvalue weighted by atomic mass is 16.3. The fourth-order valence-corrected chi connectivity index (χ4v) is 1.95. The van der Waals surface area contributed by atoms with E-state index >= 15 is 0 Å². The van der Waals surface area contributed by atoms with E-state index in [1.54, 1.807) is 0 Å². The Morgan fingerprint density at radius 1 is 1.28 bits per heavy atom. The highest BCUT2D eigenvalue weighted by molar-refractivity contribution is 5.73. The predicted molar refractivity (Wildman–Crippen MR) is 70.2 cm³/mol. The number of aryl methyl sites for hydroxylation is 2. The van der Waals surface area contributed by atoms with Crippen molar-refractivity contribution >= 4 is 5.91 Å². The van der Waals surface area contributed by atoms with Crippen LogP contribution in [0.4, 0.5) is 0 Å². The van der Waals surface area contributed by atoms with Crippen molar-refractivity contribution in [2.45, 2.75) is 26.2 Å². The minimum atomic E-state index is -0.298. The Kier molecular flexibility index (Phi) is 3.82. The summed E-state index contributed by atoms with van der Waals surface area (Å²) in [6, 6.07) is 12.3. The van der Waals surface area contributed by atoms with Gasteiger partial charge in [-0.05, 0) is 24.1 Å². The Hall–Kier alpha value is -2.03. The lowest BCUT2D eigenvalue weighted by Crippen LogP contribution is -2.10. The summed E-state index contributed by atoms with van der Waals surface area (Å²) in [5, 5.41) is 0. The summed E-state index contributed by atoms with van der Waals surface area (Å²) in [4.78, 5) is 10.7. The van der Waals surface area contributed by atoms with Crippen LogP contribution in [0.3, 0.4) is 0 Å². The number of rotatable bonds is 5. The second kappa shape index (κ2) is 5.54. The molecule has 0 unspecified atom stereocenters. The molecule has 0 aliphatic carbocycles. The molecule has 2 rings (SSSR count). The van der Waals surface area contributed by atoms with Gasteiger partial charge in [-0.25, -0.2) is 0 Å².